The highest BCUT2D eigenvalue weighted by Crippen LogP contribution is 2.19. The Morgan fingerprint density at radius 2 is 2.03 bits per heavy atom. The van der Waals surface area contributed by atoms with Gasteiger partial charge in [-0.25, -0.2) is 4.99 Å². The van der Waals surface area contributed by atoms with E-state index in [1.54, 1.807) is 7.11 Å². The van der Waals surface area contributed by atoms with Gasteiger partial charge >= 0.3 is 0 Å². The van der Waals surface area contributed by atoms with Crippen molar-refractivity contribution in [1.29, 1.82) is 0 Å². The summed E-state index contributed by atoms with van der Waals surface area (Å²) >= 11 is 0. The van der Waals surface area contributed by atoms with Crippen LogP contribution in [0.1, 0.15) is 41.3 Å². The average molecular weight is 566 g/mol. The molecular formula is C25H35IN4O3. The van der Waals surface area contributed by atoms with Crippen molar-refractivity contribution < 1.29 is 14.3 Å². The van der Waals surface area contributed by atoms with Crippen molar-refractivity contribution in [3.05, 3.63) is 65.2 Å². The van der Waals surface area contributed by atoms with Crippen LogP contribution in [0.4, 0.5) is 0 Å². The van der Waals surface area contributed by atoms with Crippen LogP contribution in [0.5, 0.6) is 5.75 Å². The third-order valence-corrected chi connectivity index (χ3v) is 5.41. The number of guanidine groups is 1. The molecule has 0 aromatic heterocycles. The number of halogens is 1. The molecule has 2 N–H and O–H groups in total. The Hall–Kier alpha value is -2.33. The van der Waals surface area contributed by atoms with Gasteiger partial charge in [-0.2, -0.15) is 0 Å². The van der Waals surface area contributed by atoms with Crippen LogP contribution in [0, 0.1) is 0 Å². The smallest absolute Gasteiger partial charge is 0.251 e. The number of ether oxygens (including phenoxy) is 2. The first-order chi connectivity index (χ1) is 15.6. The Bertz CT molecular complexity index is 916. The molecule has 0 bridgehead atoms. The number of benzene rings is 2. The van der Waals surface area contributed by atoms with Crippen molar-refractivity contribution in [2.75, 3.05) is 33.9 Å². The number of para-hydroxylation sites is 1. The maximum absolute atomic E-state index is 12.5. The standard InChI is InChI=1S/C25H34N4O3.HI/c1-4-26-25(29(2)18-21-10-5-6-13-23(21)31-3)28-16-19-9-7-11-20(15-19)24(30)27-17-22-12-8-14-32-22;/h5-7,9-11,13,15,22H,4,8,12,14,16-18H2,1-3H3,(H,26,28)(H,27,30);1H. The lowest BCUT2D eigenvalue weighted by molar-refractivity contribution is 0.0857. The van der Waals surface area contributed by atoms with Crippen molar-refractivity contribution in [3.8, 4) is 5.75 Å². The first-order valence-electron chi connectivity index (χ1n) is 11.2. The summed E-state index contributed by atoms with van der Waals surface area (Å²) in [5.74, 6) is 1.58. The number of hydrogen-bond acceptors (Lipinski definition) is 4. The van der Waals surface area contributed by atoms with Gasteiger partial charge in [0.05, 0.1) is 19.8 Å². The number of carbonyl (C=O) groups excluding carboxylic acids is 1. The first kappa shape index (κ1) is 26.9. The van der Waals surface area contributed by atoms with Gasteiger partial charge in [-0.15, -0.1) is 24.0 Å². The van der Waals surface area contributed by atoms with Crippen LogP contribution in [0.15, 0.2) is 53.5 Å². The minimum Gasteiger partial charge on any atom is -0.496 e. The minimum absolute atomic E-state index is 0. The lowest BCUT2D eigenvalue weighted by Crippen LogP contribution is -2.38. The van der Waals surface area contributed by atoms with E-state index in [-0.39, 0.29) is 36.0 Å². The highest BCUT2D eigenvalue weighted by molar-refractivity contribution is 14.0. The molecule has 33 heavy (non-hydrogen) atoms. The van der Waals surface area contributed by atoms with Gasteiger partial charge < -0.3 is 25.0 Å². The zero-order chi connectivity index (χ0) is 22.8. The van der Waals surface area contributed by atoms with Gasteiger partial charge in [0.1, 0.15) is 5.75 Å². The number of rotatable bonds is 9. The van der Waals surface area contributed by atoms with E-state index in [0.717, 1.165) is 48.8 Å². The molecule has 1 heterocycles. The number of carbonyl (C=O) groups is 1. The molecule has 3 rings (SSSR count). The lowest BCUT2D eigenvalue weighted by Gasteiger charge is -2.23. The van der Waals surface area contributed by atoms with Crippen LogP contribution in [0.3, 0.4) is 0 Å². The van der Waals surface area contributed by atoms with E-state index >= 15 is 0 Å². The molecule has 1 saturated heterocycles. The highest BCUT2D eigenvalue weighted by Gasteiger charge is 2.17. The van der Waals surface area contributed by atoms with Crippen LogP contribution in [-0.4, -0.2) is 56.7 Å². The molecular weight excluding hydrogens is 531 g/mol. The number of nitrogens with one attached hydrogen (secondary N) is 2. The number of methoxy groups -OCH3 is 1. The second kappa shape index (κ2) is 14.0. The number of hydrogen-bond donors (Lipinski definition) is 2. The summed E-state index contributed by atoms with van der Waals surface area (Å²) in [7, 11) is 3.69. The fourth-order valence-electron chi connectivity index (χ4n) is 3.72. The summed E-state index contributed by atoms with van der Waals surface area (Å²) in [5.41, 5.74) is 2.71. The van der Waals surface area contributed by atoms with Crippen LogP contribution in [-0.2, 0) is 17.8 Å². The molecule has 1 amide bonds. The molecule has 180 valence electrons. The normalized spacial score (nSPS) is 15.5. The van der Waals surface area contributed by atoms with Crippen LogP contribution >= 0.6 is 24.0 Å². The maximum Gasteiger partial charge on any atom is 0.251 e. The van der Waals surface area contributed by atoms with Crippen molar-refractivity contribution >= 4 is 35.8 Å². The zero-order valence-corrected chi connectivity index (χ0v) is 22.0. The van der Waals surface area contributed by atoms with Crippen LogP contribution in [0.25, 0.3) is 0 Å². The second-order valence-corrected chi connectivity index (χ2v) is 7.88. The van der Waals surface area contributed by atoms with Crippen molar-refractivity contribution in [3.63, 3.8) is 0 Å². The molecule has 1 aliphatic rings. The number of amides is 1. The van der Waals surface area contributed by atoms with Gasteiger partial charge in [0.25, 0.3) is 5.91 Å². The summed E-state index contributed by atoms with van der Waals surface area (Å²) in [4.78, 5) is 19.4. The fourth-order valence-corrected chi connectivity index (χ4v) is 3.72. The van der Waals surface area contributed by atoms with Crippen LogP contribution in [0.2, 0.25) is 0 Å². The Morgan fingerprint density at radius 3 is 2.76 bits per heavy atom. The monoisotopic (exact) mass is 566 g/mol. The third kappa shape index (κ3) is 8.19. The van der Waals surface area contributed by atoms with E-state index in [2.05, 4.69) is 21.6 Å². The predicted molar refractivity (Wildman–Crippen MR) is 142 cm³/mol. The van der Waals surface area contributed by atoms with E-state index in [1.807, 2.05) is 56.4 Å². The molecule has 7 nitrogen and oxygen atoms in total. The molecule has 8 heteroatoms. The molecule has 0 radical (unpaired) electrons. The largest absolute Gasteiger partial charge is 0.496 e. The number of aliphatic imine (C=N–C) groups is 1. The minimum atomic E-state index is -0.0773. The molecule has 0 spiro atoms. The van der Waals surface area contributed by atoms with E-state index in [4.69, 9.17) is 14.5 Å². The molecule has 0 aliphatic carbocycles. The highest BCUT2D eigenvalue weighted by atomic mass is 127. The summed E-state index contributed by atoms with van der Waals surface area (Å²) in [6, 6.07) is 15.6. The van der Waals surface area contributed by atoms with Gasteiger partial charge in [0.2, 0.25) is 0 Å². The molecule has 1 aliphatic heterocycles. The predicted octanol–water partition coefficient (Wildman–Crippen LogP) is 3.82. The maximum atomic E-state index is 12.5. The average Bonchev–Trinajstić information content (AvgIpc) is 3.34. The van der Waals surface area contributed by atoms with Crippen molar-refractivity contribution in [2.24, 2.45) is 4.99 Å². The molecule has 0 saturated carbocycles. The summed E-state index contributed by atoms with van der Waals surface area (Å²) < 4.78 is 11.0. The van der Waals surface area contributed by atoms with Crippen LogP contribution < -0.4 is 15.4 Å². The van der Waals surface area contributed by atoms with Gasteiger partial charge in [0.15, 0.2) is 5.96 Å². The van der Waals surface area contributed by atoms with Crippen molar-refractivity contribution in [1.82, 2.24) is 15.5 Å². The quantitative estimate of drug-likeness (QED) is 0.274. The van der Waals surface area contributed by atoms with E-state index < -0.39 is 0 Å². The Labute approximate surface area is 214 Å². The van der Waals surface area contributed by atoms with Gasteiger partial charge in [-0.1, -0.05) is 30.3 Å². The van der Waals surface area contributed by atoms with E-state index in [9.17, 15) is 4.79 Å². The van der Waals surface area contributed by atoms with Gasteiger partial charge in [-0.3, -0.25) is 4.79 Å². The number of nitrogens with zero attached hydrogens (tertiary/aromatic N) is 2. The van der Waals surface area contributed by atoms with E-state index in [0.29, 0.717) is 25.2 Å². The molecule has 2 aromatic rings. The Balaban J connectivity index is 0.00000385. The molecule has 1 fully saturated rings. The fraction of sp³-hybridized carbons (Fsp3) is 0.440. The Kier molecular flexibility index (Phi) is 11.5. The van der Waals surface area contributed by atoms with E-state index in [1.165, 1.54) is 0 Å². The lowest BCUT2D eigenvalue weighted by atomic mass is 10.1. The first-order valence-corrected chi connectivity index (χ1v) is 11.2. The topological polar surface area (TPSA) is 75.2 Å². The summed E-state index contributed by atoms with van der Waals surface area (Å²) in [6.45, 7) is 5.30. The third-order valence-electron chi connectivity index (χ3n) is 5.41. The zero-order valence-electron chi connectivity index (χ0n) is 19.7. The van der Waals surface area contributed by atoms with Gasteiger partial charge in [-0.05, 0) is 43.5 Å². The summed E-state index contributed by atoms with van der Waals surface area (Å²) in [5, 5.41) is 6.32. The SMILES string of the molecule is CCNC(=NCc1cccc(C(=O)NCC2CCCO2)c1)N(C)Cc1ccccc1OC.I. The molecule has 1 unspecified atom stereocenters. The summed E-state index contributed by atoms with van der Waals surface area (Å²) in [6.07, 6.45) is 2.20. The molecule has 1 atom stereocenters. The Morgan fingerprint density at radius 1 is 1.21 bits per heavy atom. The molecule has 2 aromatic carbocycles. The van der Waals surface area contributed by atoms with Gasteiger partial charge in [0, 0.05) is 44.4 Å². The second-order valence-electron chi connectivity index (χ2n) is 7.88. The van der Waals surface area contributed by atoms with Crippen molar-refractivity contribution in [2.45, 2.75) is 39.0 Å².